The van der Waals surface area contributed by atoms with Crippen molar-refractivity contribution in [1.82, 2.24) is 4.31 Å². The number of ether oxygens (including phenoxy) is 1. The predicted molar refractivity (Wildman–Crippen MR) is 130 cm³/mol. The molecule has 0 saturated heterocycles. The van der Waals surface area contributed by atoms with Gasteiger partial charge >= 0.3 is 5.97 Å². The topological polar surface area (TPSA) is 63.7 Å². The molecule has 0 bridgehead atoms. The quantitative estimate of drug-likeness (QED) is 0.269. The van der Waals surface area contributed by atoms with Crippen LogP contribution in [0.15, 0.2) is 65.1 Å². The first-order valence-electron chi connectivity index (χ1n) is 10.2. The molecule has 5 nitrogen and oxygen atoms in total. The molecule has 1 heterocycles. The molecule has 0 radical (unpaired) electrons. The molecule has 0 amide bonds. The summed E-state index contributed by atoms with van der Waals surface area (Å²) in [7, 11) is -3.89. The molecule has 0 N–H and O–H groups in total. The molecule has 0 fully saturated rings. The van der Waals surface area contributed by atoms with Gasteiger partial charge in [0.2, 0.25) is 10.0 Å². The van der Waals surface area contributed by atoms with Crippen molar-refractivity contribution >= 4 is 43.5 Å². The fourth-order valence-electron chi connectivity index (χ4n) is 3.91. The van der Waals surface area contributed by atoms with E-state index in [1.54, 1.807) is 41.6 Å². The number of rotatable bonds is 6. The minimum atomic E-state index is -3.89. The number of carbonyl (C=O) groups is 1. The van der Waals surface area contributed by atoms with Gasteiger partial charge < -0.3 is 4.74 Å². The highest BCUT2D eigenvalue weighted by atomic mass is 79.9. The standard InChI is InChI=1S/C24H27BrClNO4S/c1-16-7-5-6-8-20(16)32(29,30)27-21(24(2,3)4)13-18(15-31-22(28)14-25)23(27)17-9-11-19(26)12-10-17/h5-13,21,23H,14-15H2,1-4H3/t21-,23?/m0/s1. The molecule has 1 unspecified atom stereocenters. The first-order chi connectivity index (χ1) is 15.0. The Morgan fingerprint density at radius 2 is 1.75 bits per heavy atom. The number of sulfonamides is 1. The zero-order chi connectivity index (χ0) is 23.7. The van der Waals surface area contributed by atoms with Crippen molar-refractivity contribution in [2.24, 2.45) is 5.41 Å². The van der Waals surface area contributed by atoms with E-state index in [1.165, 1.54) is 0 Å². The van der Waals surface area contributed by atoms with Crippen LogP contribution in [0.1, 0.15) is 37.9 Å². The van der Waals surface area contributed by atoms with Gasteiger partial charge in [0, 0.05) is 11.1 Å². The van der Waals surface area contributed by atoms with Crippen LogP contribution in [0.3, 0.4) is 0 Å². The van der Waals surface area contributed by atoms with Crippen LogP contribution in [0.2, 0.25) is 5.02 Å². The molecular weight excluding hydrogens is 514 g/mol. The van der Waals surface area contributed by atoms with E-state index >= 15 is 0 Å². The van der Waals surface area contributed by atoms with Crippen LogP contribution >= 0.6 is 27.5 Å². The molecule has 0 spiro atoms. The lowest BCUT2D eigenvalue weighted by Crippen LogP contribution is -2.45. The average molecular weight is 541 g/mol. The van der Waals surface area contributed by atoms with E-state index in [2.05, 4.69) is 15.9 Å². The highest BCUT2D eigenvalue weighted by molar-refractivity contribution is 9.09. The van der Waals surface area contributed by atoms with Gasteiger partial charge in [-0.3, -0.25) is 4.79 Å². The zero-order valence-electron chi connectivity index (χ0n) is 18.5. The molecule has 1 aliphatic rings. The predicted octanol–water partition coefficient (Wildman–Crippen LogP) is 5.67. The number of esters is 1. The third-order valence-corrected chi connectivity index (χ3v) is 8.20. The number of hydrogen-bond acceptors (Lipinski definition) is 4. The Hall–Kier alpha value is -1.67. The summed E-state index contributed by atoms with van der Waals surface area (Å²) in [5.74, 6) is -0.409. The fraction of sp³-hybridized carbons (Fsp3) is 0.375. The van der Waals surface area contributed by atoms with E-state index in [0.717, 1.165) is 11.1 Å². The summed E-state index contributed by atoms with van der Waals surface area (Å²) in [6.45, 7) is 7.80. The van der Waals surface area contributed by atoms with Crippen LogP contribution in [0.5, 0.6) is 0 Å². The summed E-state index contributed by atoms with van der Waals surface area (Å²) in [4.78, 5) is 12.1. The van der Waals surface area contributed by atoms with E-state index in [-0.39, 0.29) is 16.8 Å². The largest absolute Gasteiger partial charge is 0.460 e. The highest BCUT2D eigenvalue weighted by Crippen LogP contribution is 2.46. The molecule has 32 heavy (non-hydrogen) atoms. The average Bonchev–Trinajstić information content (AvgIpc) is 3.13. The molecule has 172 valence electrons. The van der Waals surface area contributed by atoms with Gasteiger partial charge in [0.15, 0.2) is 0 Å². The third-order valence-electron chi connectivity index (χ3n) is 5.48. The van der Waals surface area contributed by atoms with Gasteiger partial charge in [-0.05, 0) is 47.2 Å². The van der Waals surface area contributed by atoms with Crippen molar-refractivity contribution < 1.29 is 17.9 Å². The van der Waals surface area contributed by atoms with Crippen LogP contribution in [0, 0.1) is 12.3 Å². The maximum Gasteiger partial charge on any atom is 0.316 e. The molecule has 2 aromatic rings. The molecule has 1 aliphatic heterocycles. The van der Waals surface area contributed by atoms with Gasteiger partial charge in [0.25, 0.3) is 0 Å². The monoisotopic (exact) mass is 539 g/mol. The second-order valence-corrected chi connectivity index (χ2v) is 11.7. The fourth-order valence-corrected chi connectivity index (χ4v) is 6.36. The summed E-state index contributed by atoms with van der Waals surface area (Å²) >= 11 is 9.20. The van der Waals surface area contributed by atoms with E-state index in [1.807, 2.05) is 45.0 Å². The van der Waals surface area contributed by atoms with Crippen molar-refractivity contribution in [2.45, 2.75) is 44.7 Å². The number of nitrogens with zero attached hydrogens (tertiary/aromatic N) is 1. The first kappa shape index (κ1) is 25.0. The maximum atomic E-state index is 14.1. The number of benzene rings is 2. The Kier molecular flexibility index (Phi) is 7.55. The van der Waals surface area contributed by atoms with E-state index in [0.29, 0.717) is 10.6 Å². The Labute approximate surface area is 203 Å². The Morgan fingerprint density at radius 3 is 2.31 bits per heavy atom. The van der Waals surface area contributed by atoms with Crippen molar-refractivity contribution in [1.29, 1.82) is 0 Å². The third kappa shape index (κ3) is 5.11. The first-order valence-corrected chi connectivity index (χ1v) is 13.2. The van der Waals surface area contributed by atoms with E-state index in [4.69, 9.17) is 16.3 Å². The number of aryl methyl sites for hydroxylation is 1. The molecule has 0 aliphatic carbocycles. The normalized spacial score (nSPS) is 19.6. The van der Waals surface area contributed by atoms with E-state index < -0.39 is 33.5 Å². The maximum absolute atomic E-state index is 14.1. The van der Waals surface area contributed by atoms with Crippen LogP contribution < -0.4 is 0 Å². The van der Waals surface area contributed by atoms with Crippen molar-refractivity contribution in [3.05, 3.63) is 76.3 Å². The number of carbonyl (C=O) groups excluding carboxylic acids is 1. The molecule has 2 atom stereocenters. The Bertz CT molecular complexity index is 1120. The van der Waals surface area contributed by atoms with E-state index in [9.17, 15) is 13.2 Å². The van der Waals surface area contributed by atoms with Crippen molar-refractivity contribution in [3.8, 4) is 0 Å². The van der Waals surface area contributed by atoms with Gasteiger partial charge in [-0.25, -0.2) is 8.42 Å². The summed E-state index contributed by atoms with van der Waals surface area (Å²) < 4.78 is 35.1. The summed E-state index contributed by atoms with van der Waals surface area (Å²) in [5, 5.41) is 0.628. The second kappa shape index (κ2) is 9.67. The number of halogens is 2. The molecule has 2 aromatic carbocycles. The lowest BCUT2D eigenvalue weighted by atomic mass is 9.87. The summed E-state index contributed by atoms with van der Waals surface area (Å²) in [6.07, 6.45) is 1.93. The zero-order valence-corrected chi connectivity index (χ0v) is 21.7. The van der Waals surface area contributed by atoms with Crippen molar-refractivity contribution in [3.63, 3.8) is 0 Å². The van der Waals surface area contributed by atoms with Crippen LogP contribution in [-0.2, 0) is 19.6 Å². The molecule has 0 saturated carbocycles. The van der Waals surface area contributed by atoms with Gasteiger partial charge in [-0.1, -0.05) is 84.7 Å². The lowest BCUT2D eigenvalue weighted by molar-refractivity contribution is -0.139. The highest BCUT2D eigenvalue weighted by Gasteiger charge is 2.48. The minimum absolute atomic E-state index is 0.00407. The second-order valence-electron chi connectivity index (χ2n) is 8.90. The lowest BCUT2D eigenvalue weighted by Gasteiger charge is -2.37. The SMILES string of the molecule is Cc1ccccc1S(=O)(=O)N1C(c2ccc(Cl)cc2)C(COC(=O)CBr)=C[C@H]1C(C)(C)C. The Morgan fingerprint density at radius 1 is 1.12 bits per heavy atom. The van der Waals surface area contributed by atoms with Crippen LogP contribution in [-0.4, -0.2) is 36.7 Å². The number of hydrogen-bond donors (Lipinski definition) is 0. The Balaban J connectivity index is 2.19. The summed E-state index contributed by atoms with van der Waals surface area (Å²) in [6, 6.07) is 13.0. The van der Waals surface area contributed by atoms with Gasteiger partial charge in [0.1, 0.15) is 11.9 Å². The van der Waals surface area contributed by atoms with Gasteiger partial charge in [-0.15, -0.1) is 0 Å². The minimum Gasteiger partial charge on any atom is -0.460 e. The van der Waals surface area contributed by atoms with Crippen LogP contribution in [0.4, 0.5) is 0 Å². The van der Waals surface area contributed by atoms with Gasteiger partial charge in [-0.2, -0.15) is 4.31 Å². The van der Waals surface area contributed by atoms with Gasteiger partial charge in [0.05, 0.1) is 10.9 Å². The molecule has 8 heteroatoms. The van der Waals surface area contributed by atoms with Crippen molar-refractivity contribution in [2.75, 3.05) is 11.9 Å². The molecular formula is C24H27BrClNO4S. The molecule has 3 rings (SSSR count). The smallest absolute Gasteiger partial charge is 0.316 e. The molecule has 0 aromatic heterocycles. The summed E-state index contributed by atoms with van der Waals surface area (Å²) in [5.41, 5.74) is 1.76. The van der Waals surface area contributed by atoms with Crippen LogP contribution in [0.25, 0.3) is 0 Å². The number of alkyl halides is 1.